The summed E-state index contributed by atoms with van der Waals surface area (Å²) in [4.78, 5) is 2.44. The van der Waals surface area contributed by atoms with Gasteiger partial charge in [-0.15, -0.1) is 0 Å². The largest absolute Gasteiger partial charge is 0.306 e. The Hall–Kier alpha value is -0.0400. The molecular formula is C12H27N. The predicted octanol–water partition coefficient (Wildman–Crippen LogP) is 3.54. The third kappa shape index (κ3) is 6.09. The van der Waals surface area contributed by atoms with Crippen LogP contribution in [0.3, 0.4) is 0 Å². The molecule has 0 bridgehead atoms. The van der Waals surface area contributed by atoms with Crippen LogP contribution >= 0.6 is 0 Å². The van der Waals surface area contributed by atoms with Crippen LogP contribution in [0.2, 0.25) is 0 Å². The average molecular weight is 185 g/mol. The van der Waals surface area contributed by atoms with Crippen molar-refractivity contribution in [2.45, 2.75) is 52.9 Å². The minimum Gasteiger partial charge on any atom is -0.306 e. The topological polar surface area (TPSA) is 3.24 Å². The van der Waals surface area contributed by atoms with Gasteiger partial charge in [0.15, 0.2) is 0 Å². The van der Waals surface area contributed by atoms with Gasteiger partial charge >= 0.3 is 0 Å². The standard InChI is InChI=1S/C10H21N.C2H6/c1-3-11(2)9-10-7-5-4-6-8-10;1-2/h10H,3-9H2,1-2H3;1-2H3. The van der Waals surface area contributed by atoms with Crippen LogP contribution in [0.1, 0.15) is 52.9 Å². The van der Waals surface area contributed by atoms with Crippen molar-refractivity contribution in [3.8, 4) is 0 Å². The highest BCUT2D eigenvalue weighted by atomic mass is 15.1. The van der Waals surface area contributed by atoms with Crippen LogP contribution in [-0.2, 0) is 0 Å². The Kier molecular flexibility index (Phi) is 8.53. The van der Waals surface area contributed by atoms with E-state index >= 15 is 0 Å². The van der Waals surface area contributed by atoms with Crippen LogP contribution < -0.4 is 0 Å². The van der Waals surface area contributed by atoms with Crippen LogP contribution in [0.5, 0.6) is 0 Å². The van der Waals surface area contributed by atoms with Crippen molar-refractivity contribution in [1.82, 2.24) is 4.90 Å². The van der Waals surface area contributed by atoms with Crippen molar-refractivity contribution < 1.29 is 0 Å². The Balaban J connectivity index is 0.000000671. The predicted molar refractivity (Wildman–Crippen MR) is 61.1 cm³/mol. The first-order valence-corrected chi connectivity index (χ1v) is 6.01. The molecule has 1 rings (SSSR count). The minimum absolute atomic E-state index is 1.01. The zero-order valence-corrected chi connectivity index (χ0v) is 9.97. The highest BCUT2D eigenvalue weighted by Gasteiger charge is 2.13. The second-order valence-corrected chi connectivity index (χ2v) is 3.86. The maximum Gasteiger partial charge on any atom is 0.000649 e. The molecule has 0 aliphatic heterocycles. The van der Waals surface area contributed by atoms with E-state index in [1.54, 1.807) is 0 Å². The lowest BCUT2D eigenvalue weighted by molar-refractivity contribution is 0.241. The van der Waals surface area contributed by atoms with E-state index < -0.39 is 0 Å². The molecular weight excluding hydrogens is 158 g/mol. The van der Waals surface area contributed by atoms with E-state index in [4.69, 9.17) is 0 Å². The highest BCUT2D eigenvalue weighted by Crippen LogP contribution is 2.23. The molecule has 1 aliphatic carbocycles. The van der Waals surface area contributed by atoms with E-state index in [9.17, 15) is 0 Å². The lowest BCUT2D eigenvalue weighted by atomic mass is 9.89. The fourth-order valence-electron chi connectivity index (χ4n) is 1.94. The highest BCUT2D eigenvalue weighted by molar-refractivity contribution is 4.68. The quantitative estimate of drug-likeness (QED) is 0.650. The van der Waals surface area contributed by atoms with Crippen molar-refractivity contribution in [3.63, 3.8) is 0 Å². The second kappa shape index (κ2) is 8.55. The Bertz CT molecular complexity index is 95.3. The molecule has 13 heavy (non-hydrogen) atoms. The molecule has 1 fully saturated rings. The number of hydrogen-bond acceptors (Lipinski definition) is 1. The maximum absolute atomic E-state index is 2.44. The van der Waals surface area contributed by atoms with Crippen LogP contribution in [0.25, 0.3) is 0 Å². The molecule has 0 heterocycles. The molecule has 1 saturated carbocycles. The molecule has 0 aromatic heterocycles. The van der Waals surface area contributed by atoms with Crippen LogP contribution in [0, 0.1) is 5.92 Å². The molecule has 0 spiro atoms. The molecule has 80 valence electrons. The van der Waals surface area contributed by atoms with Crippen molar-refractivity contribution in [2.24, 2.45) is 5.92 Å². The SMILES string of the molecule is CC.CCN(C)CC1CCCCC1. The van der Waals surface area contributed by atoms with Gasteiger partial charge in [-0.3, -0.25) is 0 Å². The van der Waals surface area contributed by atoms with Crippen molar-refractivity contribution in [3.05, 3.63) is 0 Å². The summed E-state index contributed by atoms with van der Waals surface area (Å²) in [6, 6.07) is 0. The average Bonchev–Trinajstić information content (AvgIpc) is 2.22. The molecule has 0 amide bonds. The van der Waals surface area contributed by atoms with Crippen molar-refractivity contribution in [1.29, 1.82) is 0 Å². The third-order valence-electron chi connectivity index (χ3n) is 2.83. The summed E-state index contributed by atoms with van der Waals surface area (Å²) in [5.41, 5.74) is 0. The summed E-state index contributed by atoms with van der Waals surface area (Å²) in [5, 5.41) is 0. The van der Waals surface area contributed by atoms with E-state index in [1.165, 1.54) is 45.2 Å². The lowest BCUT2D eigenvalue weighted by Gasteiger charge is -2.25. The van der Waals surface area contributed by atoms with Crippen LogP contribution in [0.15, 0.2) is 0 Å². The summed E-state index contributed by atoms with van der Waals surface area (Å²) in [6.07, 6.45) is 7.38. The van der Waals surface area contributed by atoms with Crippen molar-refractivity contribution in [2.75, 3.05) is 20.1 Å². The maximum atomic E-state index is 2.44. The smallest absolute Gasteiger partial charge is 0.000649 e. The normalized spacial score (nSPS) is 18.2. The summed E-state index contributed by atoms with van der Waals surface area (Å²) in [5.74, 6) is 1.01. The molecule has 0 atom stereocenters. The molecule has 0 unspecified atom stereocenters. The number of rotatable bonds is 3. The van der Waals surface area contributed by atoms with Gasteiger partial charge in [0.2, 0.25) is 0 Å². The second-order valence-electron chi connectivity index (χ2n) is 3.86. The summed E-state index contributed by atoms with van der Waals surface area (Å²) < 4.78 is 0. The van der Waals surface area contributed by atoms with Gasteiger partial charge in [-0.05, 0) is 32.4 Å². The first-order valence-electron chi connectivity index (χ1n) is 6.01. The van der Waals surface area contributed by atoms with E-state index in [1.807, 2.05) is 13.8 Å². The first-order chi connectivity index (χ1) is 6.33. The fourth-order valence-corrected chi connectivity index (χ4v) is 1.94. The molecule has 1 nitrogen and oxygen atoms in total. The van der Waals surface area contributed by atoms with Gasteiger partial charge in [0.1, 0.15) is 0 Å². The van der Waals surface area contributed by atoms with Gasteiger partial charge in [0.05, 0.1) is 0 Å². The van der Waals surface area contributed by atoms with E-state index in [2.05, 4.69) is 18.9 Å². The fraction of sp³-hybridized carbons (Fsp3) is 1.00. The van der Waals surface area contributed by atoms with Crippen LogP contribution in [-0.4, -0.2) is 25.0 Å². The van der Waals surface area contributed by atoms with Gasteiger partial charge in [-0.2, -0.15) is 0 Å². The zero-order valence-electron chi connectivity index (χ0n) is 9.97. The summed E-state index contributed by atoms with van der Waals surface area (Å²) in [7, 11) is 2.23. The summed E-state index contributed by atoms with van der Waals surface area (Å²) in [6.45, 7) is 8.77. The number of hydrogen-bond donors (Lipinski definition) is 0. The summed E-state index contributed by atoms with van der Waals surface area (Å²) >= 11 is 0. The Morgan fingerprint density at radius 3 is 2.08 bits per heavy atom. The zero-order chi connectivity index (χ0) is 10.1. The molecule has 0 aromatic rings. The molecule has 0 aromatic carbocycles. The Labute approximate surface area is 84.5 Å². The molecule has 1 aliphatic rings. The molecule has 0 saturated heterocycles. The molecule has 1 heteroatoms. The lowest BCUT2D eigenvalue weighted by Crippen LogP contribution is -2.26. The van der Waals surface area contributed by atoms with Gasteiger partial charge in [0, 0.05) is 6.54 Å². The third-order valence-corrected chi connectivity index (χ3v) is 2.83. The Morgan fingerprint density at radius 2 is 1.62 bits per heavy atom. The monoisotopic (exact) mass is 185 g/mol. The Morgan fingerprint density at radius 1 is 1.08 bits per heavy atom. The van der Waals surface area contributed by atoms with Crippen LogP contribution in [0.4, 0.5) is 0 Å². The van der Waals surface area contributed by atoms with E-state index in [-0.39, 0.29) is 0 Å². The van der Waals surface area contributed by atoms with Crippen molar-refractivity contribution >= 4 is 0 Å². The molecule has 0 radical (unpaired) electrons. The van der Waals surface area contributed by atoms with Gasteiger partial charge in [-0.25, -0.2) is 0 Å². The van der Waals surface area contributed by atoms with Gasteiger partial charge < -0.3 is 4.90 Å². The molecule has 0 N–H and O–H groups in total. The van der Waals surface area contributed by atoms with E-state index in [0.717, 1.165) is 5.92 Å². The van der Waals surface area contributed by atoms with E-state index in [0.29, 0.717) is 0 Å². The first kappa shape index (κ1) is 13.0. The van der Waals surface area contributed by atoms with Gasteiger partial charge in [0.25, 0.3) is 0 Å². The number of nitrogens with zero attached hydrogens (tertiary/aromatic N) is 1. The minimum atomic E-state index is 1.01. The van der Waals surface area contributed by atoms with Gasteiger partial charge in [-0.1, -0.05) is 40.0 Å².